The lowest BCUT2D eigenvalue weighted by molar-refractivity contribution is 0.145. The summed E-state index contributed by atoms with van der Waals surface area (Å²) in [5, 5.41) is 90.8. The zero-order chi connectivity index (χ0) is 75.4. The summed E-state index contributed by atoms with van der Waals surface area (Å²) >= 11 is 0. The van der Waals surface area contributed by atoms with E-state index in [-0.39, 0.29) is 79.3 Å². The SMILES string of the molecule is C#CCOc1ccc2c(c1)C(CO)(CO)c1cc(-c3ccc(C(c4ccc(-c5ccc6c(c5)C(CO)(CO)c5cc(OCC#C)ccc5-6)cc4)(c4ccc(-c5ccc6c(c5)C(CO)(CO)c5cc(OCC#C)ccc5-6)cc4)c4ccc(-c5ccc6c(c5)C(CO)(CO)c5cc(OCC#C)ccc5-6)cc4)cc3)ccc1-2. The predicted octanol–water partition coefficient (Wildman–Crippen LogP) is 13.8. The minimum Gasteiger partial charge on any atom is -0.481 e. The third-order valence-corrected chi connectivity index (χ3v) is 23.4. The summed E-state index contributed by atoms with van der Waals surface area (Å²) in [5.41, 5.74) is 18.1. The molecule has 0 aliphatic heterocycles. The first-order valence-corrected chi connectivity index (χ1v) is 36.1. The van der Waals surface area contributed by atoms with Crippen LogP contribution in [0.3, 0.4) is 0 Å². The smallest absolute Gasteiger partial charge is 0.148 e. The van der Waals surface area contributed by atoms with Crippen LogP contribution in [0.1, 0.15) is 66.8 Å². The second-order valence-electron chi connectivity index (χ2n) is 28.5. The highest BCUT2D eigenvalue weighted by Gasteiger charge is 2.48. The number of hydrogen-bond donors (Lipinski definition) is 8. The van der Waals surface area contributed by atoms with Crippen LogP contribution in [0, 0.1) is 49.4 Å². The van der Waals surface area contributed by atoms with Gasteiger partial charge in [-0.2, -0.15) is 0 Å². The van der Waals surface area contributed by atoms with Crippen molar-refractivity contribution in [2.45, 2.75) is 27.1 Å². The fourth-order valence-corrected chi connectivity index (χ4v) is 17.7. The number of hydrogen-bond acceptors (Lipinski definition) is 12. The molecule has 0 aromatic heterocycles. The van der Waals surface area contributed by atoms with E-state index in [9.17, 15) is 40.9 Å². The van der Waals surface area contributed by atoms with Crippen LogP contribution in [-0.2, 0) is 27.1 Å². The molecule has 0 unspecified atom stereocenters. The van der Waals surface area contributed by atoms with Crippen LogP contribution in [0.2, 0.25) is 0 Å². The third-order valence-electron chi connectivity index (χ3n) is 23.4. The maximum atomic E-state index is 11.3. The molecule has 8 N–H and O–H groups in total. The molecule has 0 spiro atoms. The first kappa shape index (κ1) is 71.0. The van der Waals surface area contributed by atoms with Crippen molar-refractivity contribution in [1.29, 1.82) is 0 Å². The second-order valence-corrected chi connectivity index (χ2v) is 28.5. The van der Waals surface area contributed by atoms with E-state index in [0.717, 1.165) is 156 Å². The van der Waals surface area contributed by atoms with Gasteiger partial charge < -0.3 is 59.8 Å². The Morgan fingerprint density at radius 1 is 0.220 bits per heavy atom. The molecule has 0 amide bonds. The van der Waals surface area contributed by atoms with E-state index in [2.05, 4.69) is 169 Å². The van der Waals surface area contributed by atoms with E-state index in [1.807, 2.05) is 97.1 Å². The van der Waals surface area contributed by atoms with Crippen LogP contribution >= 0.6 is 0 Å². The van der Waals surface area contributed by atoms with Crippen molar-refractivity contribution in [2.75, 3.05) is 79.3 Å². The summed E-state index contributed by atoms with van der Waals surface area (Å²) in [4.78, 5) is 0. The van der Waals surface area contributed by atoms with Crippen LogP contribution in [0.5, 0.6) is 23.0 Å². The van der Waals surface area contributed by atoms with Gasteiger partial charge in [-0.15, -0.1) is 25.7 Å². The highest BCUT2D eigenvalue weighted by molar-refractivity contribution is 5.90. The number of terminal acetylenes is 4. The van der Waals surface area contributed by atoms with Gasteiger partial charge in [0.05, 0.1) is 79.9 Å². The quantitative estimate of drug-likeness (QED) is 0.0211. The van der Waals surface area contributed by atoms with Crippen molar-refractivity contribution in [3.8, 4) is 161 Å². The normalized spacial score (nSPS) is 14.2. The van der Waals surface area contributed by atoms with Crippen LogP contribution in [0.25, 0.3) is 89.0 Å². The molecular formula is C97H76O12. The van der Waals surface area contributed by atoms with Gasteiger partial charge in [-0.3, -0.25) is 0 Å². The number of aliphatic hydroxyl groups is 8. The molecule has 4 aliphatic carbocycles. The zero-order valence-electron chi connectivity index (χ0n) is 59.6. The molecule has 12 heteroatoms. The molecule has 0 atom stereocenters. The van der Waals surface area contributed by atoms with Crippen molar-refractivity contribution in [3.63, 3.8) is 0 Å². The van der Waals surface area contributed by atoms with Crippen molar-refractivity contribution < 1.29 is 59.8 Å². The van der Waals surface area contributed by atoms with Crippen LogP contribution in [-0.4, -0.2) is 120 Å². The number of aliphatic hydroxyl groups excluding tert-OH is 8. The molecule has 109 heavy (non-hydrogen) atoms. The average molecular weight is 1430 g/mol. The van der Waals surface area contributed by atoms with E-state index in [0.29, 0.717) is 23.0 Å². The zero-order valence-corrected chi connectivity index (χ0v) is 59.6. The lowest BCUT2D eigenvalue weighted by Crippen LogP contribution is -2.34. The Kier molecular flexibility index (Phi) is 18.6. The third kappa shape index (κ3) is 11.1. The van der Waals surface area contributed by atoms with E-state index < -0.39 is 27.1 Å². The fourth-order valence-electron chi connectivity index (χ4n) is 17.7. The van der Waals surface area contributed by atoms with Gasteiger partial charge in [0.25, 0.3) is 0 Å². The van der Waals surface area contributed by atoms with E-state index in [1.54, 1.807) is 0 Å². The number of rotatable bonds is 24. The summed E-state index contributed by atoms with van der Waals surface area (Å²) in [5.74, 6) is 12.2. The van der Waals surface area contributed by atoms with Crippen LogP contribution < -0.4 is 18.9 Å². The summed E-state index contributed by atoms with van der Waals surface area (Å²) in [6.45, 7) is -2.67. The number of ether oxygens (including phenoxy) is 4. The van der Waals surface area contributed by atoms with Gasteiger partial charge in [-0.1, -0.05) is 194 Å². The lowest BCUT2D eigenvalue weighted by Gasteiger charge is -2.37. The number of fused-ring (bicyclic) bond motifs is 12. The molecule has 4 aliphatic rings. The van der Waals surface area contributed by atoms with E-state index in [4.69, 9.17) is 44.6 Å². The highest BCUT2D eigenvalue weighted by atomic mass is 16.5. The average Bonchev–Trinajstić information content (AvgIpc) is 1.70. The summed E-state index contributed by atoms with van der Waals surface area (Å²) in [7, 11) is 0. The Balaban J connectivity index is 0.862. The van der Waals surface area contributed by atoms with Gasteiger partial charge in [0, 0.05) is 0 Å². The summed E-state index contributed by atoms with van der Waals surface area (Å²) < 4.78 is 23.4. The Morgan fingerprint density at radius 3 is 0.560 bits per heavy atom. The maximum absolute atomic E-state index is 11.3. The van der Waals surface area contributed by atoms with Gasteiger partial charge in [0.1, 0.15) is 49.4 Å². The monoisotopic (exact) mass is 1430 g/mol. The minimum atomic E-state index is -1.15. The molecule has 12 aromatic carbocycles. The minimum absolute atomic E-state index is 0.0614. The van der Waals surface area contributed by atoms with Gasteiger partial charge in [0.2, 0.25) is 0 Å². The lowest BCUT2D eigenvalue weighted by atomic mass is 9.64. The molecule has 0 fully saturated rings. The van der Waals surface area contributed by atoms with E-state index in [1.165, 1.54) is 0 Å². The van der Waals surface area contributed by atoms with Gasteiger partial charge in [-0.25, -0.2) is 0 Å². The molecule has 12 aromatic rings. The molecule has 0 bridgehead atoms. The van der Waals surface area contributed by atoms with Gasteiger partial charge >= 0.3 is 0 Å². The number of benzene rings is 12. The summed E-state index contributed by atoms with van der Waals surface area (Å²) in [6.07, 6.45) is 22.3. The first-order valence-electron chi connectivity index (χ1n) is 36.1. The van der Waals surface area contributed by atoms with Crippen LogP contribution in [0.4, 0.5) is 0 Å². The van der Waals surface area contributed by atoms with Gasteiger partial charge in [-0.05, 0) is 229 Å². The second kappa shape index (κ2) is 28.5. The molecule has 12 nitrogen and oxygen atoms in total. The molecule has 0 saturated heterocycles. The largest absolute Gasteiger partial charge is 0.481 e. The molecule has 0 radical (unpaired) electrons. The standard InChI is InChI=1S/C97H76O12/c1-5-41-106-73-29-37-81-77-33-17-65(45-85(77)93(53-98,54-99)89(81)49-73)61-9-21-69(22-10-61)97(70-23-11-62(12-24-70)66-18-34-78-82-38-30-74(107-42-6-2)50-90(82)94(55-100,56-101)86(78)46-66,71-25-13-63(14-26-71)67-19-35-79-83-39-31-75(108-43-7-3)51-91(83)95(57-102,58-103)87(79)47-67)72-27-15-64(16-28-72)68-20-36-80-84-40-32-76(109-44-8-4)52-92(84)96(59-104,60-105)88(80)48-68/h1-4,9-40,45-52,98-105H,41-44,53-60H2. The van der Waals surface area contributed by atoms with Crippen molar-refractivity contribution in [3.05, 3.63) is 309 Å². The predicted molar refractivity (Wildman–Crippen MR) is 425 cm³/mol. The van der Waals surface area contributed by atoms with Crippen molar-refractivity contribution in [1.82, 2.24) is 0 Å². The first-order chi connectivity index (χ1) is 53.3. The van der Waals surface area contributed by atoms with Crippen molar-refractivity contribution in [2.24, 2.45) is 0 Å². The highest BCUT2D eigenvalue weighted by Crippen LogP contribution is 2.57. The molecule has 16 rings (SSSR count). The topological polar surface area (TPSA) is 199 Å². The van der Waals surface area contributed by atoms with Crippen molar-refractivity contribution >= 4 is 0 Å². The maximum Gasteiger partial charge on any atom is 0.148 e. The van der Waals surface area contributed by atoms with Gasteiger partial charge in [0.15, 0.2) is 0 Å². The van der Waals surface area contributed by atoms with Crippen LogP contribution in [0.15, 0.2) is 243 Å². The molecule has 536 valence electrons. The molecule has 0 heterocycles. The molecular weight excluding hydrogens is 1360 g/mol. The Hall–Kier alpha value is -12.2. The fraction of sp³-hybridized carbons (Fsp3) is 0.175. The Morgan fingerprint density at radius 2 is 0.385 bits per heavy atom. The summed E-state index contributed by atoms with van der Waals surface area (Å²) in [6, 6.07) is 81.5. The Labute approximate surface area is 633 Å². The molecule has 0 saturated carbocycles. The van der Waals surface area contributed by atoms with E-state index >= 15 is 0 Å². The Bertz CT molecular complexity index is 5020.